The Morgan fingerprint density at radius 3 is 2.61 bits per heavy atom. The third-order valence-corrected chi connectivity index (χ3v) is 7.73. The van der Waals surface area contributed by atoms with Crippen LogP contribution < -0.4 is 9.47 Å². The number of fused-ring (bicyclic) bond motifs is 3. The molecular weight excluding hydrogens is 486 g/mol. The van der Waals surface area contributed by atoms with E-state index in [-0.39, 0.29) is 17.1 Å². The molecule has 0 fully saturated rings. The van der Waals surface area contributed by atoms with Gasteiger partial charge in [-0.3, -0.25) is 8.75 Å². The molecule has 2 atom stereocenters. The van der Waals surface area contributed by atoms with Crippen molar-refractivity contribution < 1.29 is 22.1 Å². The maximum absolute atomic E-state index is 11.5. The molecule has 1 aliphatic rings. The minimum absolute atomic E-state index is 0.0292. The number of benzene rings is 2. The molecule has 2 heterocycles. The largest absolute Gasteiger partial charge is 0.493 e. The molecule has 3 aromatic rings. The average Bonchev–Trinajstić information content (AvgIpc) is 3.09. The first-order valence-electron chi connectivity index (χ1n) is 10.2. The second-order valence-corrected chi connectivity index (χ2v) is 10.9. The van der Waals surface area contributed by atoms with Crippen molar-refractivity contribution in [2.75, 3.05) is 27.1 Å². The van der Waals surface area contributed by atoms with E-state index in [0.717, 1.165) is 34.7 Å². The molecular formula is C22H24ClN3O5S2. The van der Waals surface area contributed by atoms with Gasteiger partial charge < -0.3 is 9.47 Å². The SMILES string of the molecule is COc1cccc([C@H]2S[C@H](CCOS(C)(=O)=O)c3nnc(C)n3-c3ccc(Cl)cc32)c1OC. The Balaban J connectivity index is 1.88. The summed E-state index contributed by atoms with van der Waals surface area (Å²) < 4.78 is 41.4. The van der Waals surface area contributed by atoms with E-state index in [1.54, 1.807) is 26.0 Å². The van der Waals surface area contributed by atoms with Gasteiger partial charge in [-0.15, -0.1) is 22.0 Å². The van der Waals surface area contributed by atoms with E-state index in [1.807, 2.05) is 47.9 Å². The van der Waals surface area contributed by atoms with Gasteiger partial charge in [0.15, 0.2) is 17.3 Å². The van der Waals surface area contributed by atoms with E-state index in [0.29, 0.717) is 22.9 Å². The Morgan fingerprint density at radius 1 is 1.12 bits per heavy atom. The average molecular weight is 510 g/mol. The van der Waals surface area contributed by atoms with Crippen molar-refractivity contribution in [1.29, 1.82) is 0 Å². The number of nitrogens with zero attached hydrogens (tertiary/aromatic N) is 3. The minimum atomic E-state index is -3.56. The summed E-state index contributed by atoms with van der Waals surface area (Å²) in [5, 5.41) is 8.92. The zero-order chi connectivity index (χ0) is 23.8. The number of aryl methyl sites for hydroxylation is 1. The third kappa shape index (κ3) is 4.84. The molecule has 0 amide bonds. The van der Waals surface area contributed by atoms with Gasteiger partial charge in [0.25, 0.3) is 10.1 Å². The normalized spacial score (nSPS) is 17.7. The number of rotatable bonds is 7. The molecule has 8 nitrogen and oxygen atoms in total. The maximum Gasteiger partial charge on any atom is 0.264 e. The third-order valence-electron chi connectivity index (χ3n) is 5.34. The van der Waals surface area contributed by atoms with Gasteiger partial charge in [-0.2, -0.15) is 8.42 Å². The van der Waals surface area contributed by atoms with Crippen molar-refractivity contribution in [3.8, 4) is 17.2 Å². The molecule has 2 aromatic carbocycles. The number of thioether (sulfide) groups is 1. The highest BCUT2D eigenvalue weighted by molar-refractivity contribution is 8.00. The van der Waals surface area contributed by atoms with Crippen LogP contribution in [-0.2, 0) is 14.3 Å². The molecule has 0 radical (unpaired) electrons. The van der Waals surface area contributed by atoms with E-state index in [4.69, 9.17) is 25.3 Å². The van der Waals surface area contributed by atoms with Crippen molar-refractivity contribution in [3.63, 3.8) is 0 Å². The van der Waals surface area contributed by atoms with Gasteiger partial charge in [0.05, 0.1) is 43.3 Å². The van der Waals surface area contributed by atoms with Gasteiger partial charge in [0.2, 0.25) is 0 Å². The van der Waals surface area contributed by atoms with Gasteiger partial charge in [0, 0.05) is 10.6 Å². The van der Waals surface area contributed by atoms with Gasteiger partial charge >= 0.3 is 0 Å². The van der Waals surface area contributed by atoms with E-state index in [1.165, 1.54) is 0 Å². The van der Waals surface area contributed by atoms with Crippen LogP contribution in [0.3, 0.4) is 0 Å². The summed E-state index contributed by atoms with van der Waals surface area (Å²) in [5.41, 5.74) is 2.79. The second kappa shape index (κ2) is 9.54. The maximum atomic E-state index is 11.5. The number of halogens is 1. The molecule has 1 aliphatic heterocycles. The Bertz CT molecular complexity index is 1280. The lowest BCUT2D eigenvalue weighted by Gasteiger charge is -2.24. The zero-order valence-electron chi connectivity index (χ0n) is 18.6. The molecule has 0 unspecified atom stereocenters. The number of hydrogen-bond acceptors (Lipinski definition) is 8. The fourth-order valence-electron chi connectivity index (χ4n) is 3.99. The van der Waals surface area contributed by atoms with Crippen molar-refractivity contribution in [3.05, 3.63) is 64.2 Å². The van der Waals surface area contributed by atoms with E-state index in [9.17, 15) is 8.42 Å². The highest BCUT2D eigenvalue weighted by Gasteiger charge is 2.35. The summed E-state index contributed by atoms with van der Waals surface area (Å²) >= 11 is 8.05. The highest BCUT2D eigenvalue weighted by Crippen LogP contribution is 2.53. The lowest BCUT2D eigenvalue weighted by molar-refractivity contribution is 0.313. The van der Waals surface area contributed by atoms with E-state index in [2.05, 4.69) is 10.2 Å². The lowest BCUT2D eigenvalue weighted by Crippen LogP contribution is -2.10. The first-order chi connectivity index (χ1) is 15.7. The zero-order valence-corrected chi connectivity index (χ0v) is 21.0. The molecule has 0 saturated heterocycles. The molecule has 33 heavy (non-hydrogen) atoms. The van der Waals surface area contributed by atoms with Crippen LogP contribution in [0.4, 0.5) is 0 Å². The molecule has 176 valence electrons. The van der Waals surface area contributed by atoms with Crippen molar-refractivity contribution in [2.45, 2.75) is 23.8 Å². The van der Waals surface area contributed by atoms with Crippen LogP contribution in [-0.4, -0.2) is 50.3 Å². The standard InChI is InChI=1S/C22H24ClN3O5S2/c1-13-24-25-22-19(10-11-31-33(4,27)28)32-21(15-6-5-7-18(29-2)20(15)30-3)16-12-14(23)8-9-17(16)26(13)22/h5-9,12,19,21H,10-11H2,1-4H3/t19-,21-/m1/s1. The highest BCUT2D eigenvalue weighted by atomic mass is 35.5. The summed E-state index contributed by atoms with van der Waals surface area (Å²) in [6, 6.07) is 11.5. The molecule has 0 N–H and O–H groups in total. The van der Waals surface area contributed by atoms with Gasteiger partial charge in [-0.05, 0) is 43.2 Å². The fraction of sp³-hybridized carbons (Fsp3) is 0.364. The molecule has 0 bridgehead atoms. The fourth-order valence-corrected chi connectivity index (χ4v) is 6.07. The molecule has 1 aromatic heterocycles. The molecule has 0 spiro atoms. The van der Waals surface area contributed by atoms with Crippen molar-refractivity contribution >= 4 is 33.5 Å². The predicted octanol–water partition coefficient (Wildman–Crippen LogP) is 4.49. The number of para-hydroxylation sites is 1. The van der Waals surface area contributed by atoms with E-state index >= 15 is 0 Å². The summed E-state index contributed by atoms with van der Waals surface area (Å²) in [6.07, 6.45) is 1.46. The van der Waals surface area contributed by atoms with Crippen LogP contribution in [0.2, 0.25) is 5.02 Å². The van der Waals surface area contributed by atoms with Crippen LogP contribution in [0.15, 0.2) is 36.4 Å². The minimum Gasteiger partial charge on any atom is -0.493 e. The first-order valence-corrected chi connectivity index (χ1v) is 13.3. The van der Waals surface area contributed by atoms with Gasteiger partial charge in [-0.1, -0.05) is 23.7 Å². The lowest BCUT2D eigenvalue weighted by atomic mass is 10.0. The number of methoxy groups -OCH3 is 2. The summed E-state index contributed by atoms with van der Waals surface area (Å²) in [5.74, 6) is 2.70. The van der Waals surface area contributed by atoms with Crippen LogP contribution >= 0.6 is 23.4 Å². The molecule has 0 aliphatic carbocycles. The van der Waals surface area contributed by atoms with E-state index < -0.39 is 10.1 Å². The Morgan fingerprint density at radius 2 is 1.91 bits per heavy atom. The van der Waals surface area contributed by atoms with Crippen LogP contribution in [0.25, 0.3) is 5.69 Å². The van der Waals surface area contributed by atoms with Crippen LogP contribution in [0.1, 0.15) is 39.7 Å². The second-order valence-electron chi connectivity index (χ2n) is 7.55. The quantitative estimate of drug-likeness (QED) is 0.430. The monoisotopic (exact) mass is 509 g/mol. The predicted molar refractivity (Wildman–Crippen MR) is 128 cm³/mol. The summed E-state index contributed by atoms with van der Waals surface area (Å²) in [6.45, 7) is 1.91. The topological polar surface area (TPSA) is 92.5 Å². The smallest absolute Gasteiger partial charge is 0.264 e. The Labute approximate surface area is 202 Å². The van der Waals surface area contributed by atoms with Crippen LogP contribution in [0, 0.1) is 6.92 Å². The Hall–Kier alpha value is -2.27. The van der Waals surface area contributed by atoms with Crippen molar-refractivity contribution in [2.24, 2.45) is 0 Å². The number of hydrogen-bond donors (Lipinski definition) is 0. The van der Waals surface area contributed by atoms with Crippen LogP contribution in [0.5, 0.6) is 11.5 Å². The summed E-state index contributed by atoms with van der Waals surface area (Å²) in [7, 11) is -0.348. The molecule has 4 rings (SSSR count). The van der Waals surface area contributed by atoms with Gasteiger partial charge in [-0.25, -0.2) is 0 Å². The molecule has 11 heteroatoms. The number of ether oxygens (including phenoxy) is 2. The molecule has 0 saturated carbocycles. The Kier molecular flexibility index (Phi) is 6.90. The summed E-state index contributed by atoms with van der Waals surface area (Å²) in [4.78, 5) is 0. The van der Waals surface area contributed by atoms with Gasteiger partial charge in [0.1, 0.15) is 5.82 Å². The number of aromatic nitrogens is 3. The first kappa shape index (κ1) is 23.9. The van der Waals surface area contributed by atoms with Crippen molar-refractivity contribution in [1.82, 2.24) is 14.8 Å².